The first-order chi connectivity index (χ1) is 11.2. The summed E-state index contributed by atoms with van der Waals surface area (Å²) in [5, 5.41) is 4.37. The maximum atomic E-state index is 12.5. The Morgan fingerprint density at radius 2 is 2.13 bits per heavy atom. The second-order valence-corrected chi connectivity index (χ2v) is 5.93. The number of fused-ring (bicyclic) bond motifs is 3. The lowest BCUT2D eigenvalue weighted by atomic mass is 10.0. The summed E-state index contributed by atoms with van der Waals surface area (Å²) in [7, 11) is 0. The zero-order valence-electron chi connectivity index (χ0n) is 12.3. The molecule has 5 nitrogen and oxygen atoms in total. The SMILES string of the molecule is O=C(Nc1cccnc1Cl)N1CCc2c([nH]c3ccccc23)C1. The van der Waals surface area contributed by atoms with E-state index in [9.17, 15) is 4.79 Å². The van der Waals surface area contributed by atoms with Crippen molar-refractivity contribution in [3.05, 3.63) is 59.0 Å². The number of nitrogens with zero attached hydrogens (tertiary/aromatic N) is 2. The molecular weight excluding hydrogens is 312 g/mol. The van der Waals surface area contributed by atoms with E-state index in [1.54, 1.807) is 23.2 Å². The van der Waals surface area contributed by atoms with E-state index < -0.39 is 0 Å². The molecule has 1 aliphatic heterocycles. The number of anilines is 1. The van der Waals surface area contributed by atoms with Crippen molar-refractivity contribution in [1.82, 2.24) is 14.9 Å². The predicted octanol–water partition coefficient (Wildman–Crippen LogP) is 3.81. The van der Waals surface area contributed by atoms with E-state index in [1.165, 1.54) is 10.9 Å². The van der Waals surface area contributed by atoms with Crippen molar-refractivity contribution in [3.8, 4) is 0 Å². The van der Waals surface area contributed by atoms with Gasteiger partial charge in [0.25, 0.3) is 0 Å². The number of aromatic amines is 1. The summed E-state index contributed by atoms with van der Waals surface area (Å²) >= 11 is 5.99. The highest BCUT2D eigenvalue weighted by atomic mass is 35.5. The fourth-order valence-electron chi connectivity index (χ4n) is 3.04. The fraction of sp³-hybridized carbons (Fsp3) is 0.176. The van der Waals surface area contributed by atoms with Crippen LogP contribution in [0.2, 0.25) is 5.15 Å². The number of rotatable bonds is 1. The lowest BCUT2D eigenvalue weighted by molar-refractivity contribution is 0.206. The van der Waals surface area contributed by atoms with Gasteiger partial charge in [0, 0.05) is 29.3 Å². The van der Waals surface area contributed by atoms with Crippen molar-refractivity contribution >= 4 is 34.2 Å². The molecule has 0 radical (unpaired) electrons. The third-order valence-electron chi connectivity index (χ3n) is 4.17. The van der Waals surface area contributed by atoms with Gasteiger partial charge >= 0.3 is 6.03 Å². The molecule has 0 spiro atoms. The highest BCUT2D eigenvalue weighted by molar-refractivity contribution is 6.32. The van der Waals surface area contributed by atoms with Gasteiger partial charge in [0.2, 0.25) is 0 Å². The molecule has 2 amide bonds. The van der Waals surface area contributed by atoms with E-state index in [4.69, 9.17) is 11.6 Å². The quantitative estimate of drug-likeness (QED) is 0.668. The van der Waals surface area contributed by atoms with Crippen LogP contribution >= 0.6 is 11.6 Å². The minimum absolute atomic E-state index is 0.163. The van der Waals surface area contributed by atoms with Crippen molar-refractivity contribution in [2.24, 2.45) is 0 Å². The molecule has 3 aromatic rings. The van der Waals surface area contributed by atoms with Crippen LogP contribution in [-0.2, 0) is 13.0 Å². The molecule has 4 rings (SSSR count). The lowest BCUT2D eigenvalue weighted by Crippen LogP contribution is -2.38. The molecule has 0 saturated carbocycles. The number of halogens is 1. The molecule has 116 valence electrons. The molecule has 3 heterocycles. The molecule has 1 aliphatic rings. The number of nitrogens with one attached hydrogen (secondary N) is 2. The van der Waals surface area contributed by atoms with Crippen LogP contribution in [0.5, 0.6) is 0 Å². The Morgan fingerprint density at radius 1 is 1.26 bits per heavy atom. The lowest BCUT2D eigenvalue weighted by Gasteiger charge is -2.27. The molecule has 2 aromatic heterocycles. The van der Waals surface area contributed by atoms with E-state index in [0.717, 1.165) is 17.6 Å². The van der Waals surface area contributed by atoms with E-state index >= 15 is 0 Å². The number of amides is 2. The molecule has 6 heteroatoms. The van der Waals surface area contributed by atoms with Gasteiger partial charge in [-0.05, 0) is 30.2 Å². The smallest absolute Gasteiger partial charge is 0.322 e. The van der Waals surface area contributed by atoms with E-state index in [-0.39, 0.29) is 6.03 Å². The number of H-pyrrole nitrogens is 1. The molecule has 0 bridgehead atoms. The second kappa shape index (κ2) is 5.59. The summed E-state index contributed by atoms with van der Waals surface area (Å²) in [5.74, 6) is 0. The third kappa shape index (κ3) is 2.53. The van der Waals surface area contributed by atoms with Crippen molar-refractivity contribution in [3.63, 3.8) is 0 Å². The summed E-state index contributed by atoms with van der Waals surface area (Å²) in [6.45, 7) is 1.24. The second-order valence-electron chi connectivity index (χ2n) is 5.57. The summed E-state index contributed by atoms with van der Waals surface area (Å²) in [6.07, 6.45) is 2.43. The van der Waals surface area contributed by atoms with Crippen molar-refractivity contribution in [2.75, 3.05) is 11.9 Å². The first-order valence-electron chi connectivity index (χ1n) is 7.47. The number of hydrogen-bond acceptors (Lipinski definition) is 2. The van der Waals surface area contributed by atoms with Crippen molar-refractivity contribution in [2.45, 2.75) is 13.0 Å². The van der Waals surface area contributed by atoms with Gasteiger partial charge in [0.1, 0.15) is 0 Å². The van der Waals surface area contributed by atoms with Gasteiger partial charge in [-0.3, -0.25) is 0 Å². The van der Waals surface area contributed by atoms with Crippen LogP contribution in [0.25, 0.3) is 10.9 Å². The van der Waals surface area contributed by atoms with E-state index in [1.807, 2.05) is 12.1 Å². The molecule has 2 N–H and O–H groups in total. The van der Waals surface area contributed by atoms with Crippen LogP contribution in [0.3, 0.4) is 0 Å². The van der Waals surface area contributed by atoms with Crippen LogP contribution < -0.4 is 5.32 Å². The summed E-state index contributed by atoms with van der Waals surface area (Å²) < 4.78 is 0. The molecular formula is C17H15ClN4O. The Kier molecular flexibility index (Phi) is 3.42. The highest BCUT2D eigenvalue weighted by Gasteiger charge is 2.24. The average molecular weight is 327 g/mol. The number of hydrogen-bond donors (Lipinski definition) is 2. The number of carbonyl (C=O) groups is 1. The zero-order valence-corrected chi connectivity index (χ0v) is 13.1. The van der Waals surface area contributed by atoms with Gasteiger partial charge in [0.05, 0.1) is 12.2 Å². The number of urea groups is 1. The summed E-state index contributed by atoms with van der Waals surface area (Å²) in [5.41, 5.74) is 4.06. The molecule has 0 saturated heterocycles. The number of carbonyl (C=O) groups excluding carboxylic acids is 1. The average Bonchev–Trinajstić information content (AvgIpc) is 2.94. The third-order valence-corrected chi connectivity index (χ3v) is 4.47. The summed E-state index contributed by atoms with van der Waals surface area (Å²) in [6, 6.07) is 11.6. The van der Waals surface area contributed by atoms with Crippen molar-refractivity contribution in [1.29, 1.82) is 0 Å². The topological polar surface area (TPSA) is 61.0 Å². The normalized spacial score (nSPS) is 13.9. The van der Waals surface area contributed by atoms with Crippen LogP contribution in [-0.4, -0.2) is 27.4 Å². The molecule has 0 atom stereocenters. The Balaban J connectivity index is 1.56. The predicted molar refractivity (Wildman–Crippen MR) is 90.7 cm³/mol. The van der Waals surface area contributed by atoms with Crippen LogP contribution in [0.15, 0.2) is 42.6 Å². The van der Waals surface area contributed by atoms with Gasteiger partial charge in [-0.1, -0.05) is 29.8 Å². The van der Waals surface area contributed by atoms with Gasteiger partial charge in [-0.2, -0.15) is 0 Å². The standard InChI is InChI=1S/C17H15ClN4O/c18-16-14(6-3-8-19-16)21-17(23)22-9-7-12-11-4-1-2-5-13(11)20-15(12)10-22/h1-6,8,20H,7,9-10H2,(H,21,23). The van der Waals surface area contributed by atoms with Crippen LogP contribution in [0.4, 0.5) is 10.5 Å². The monoisotopic (exact) mass is 326 g/mol. The van der Waals surface area contributed by atoms with Crippen LogP contribution in [0.1, 0.15) is 11.3 Å². The largest absolute Gasteiger partial charge is 0.357 e. The fourth-order valence-corrected chi connectivity index (χ4v) is 3.21. The van der Waals surface area contributed by atoms with Gasteiger partial charge < -0.3 is 15.2 Å². The van der Waals surface area contributed by atoms with Gasteiger partial charge in [-0.15, -0.1) is 0 Å². The first-order valence-corrected chi connectivity index (χ1v) is 7.85. The van der Waals surface area contributed by atoms with Crippen LogP contribution in [0, 0.1) is 0 Å². The number of benzene rings is 1. The number of para-hydroxylation sites is 1. The Bertz CT molecular complexity index is 889. The summed E-state index contributed by atoms with van der Waals surface area (Å²) in [4.78, 5) is 21.6. The Morgan fingerprint density at radius 3 is 3.00 bits per heavy atom. The molecule has 23 heavy (non-hydrogen) atoms. The molecule has 0 unspecified atom stereocenters. The molecule has 0 aliphatic carbocycles. The maximum Gasteiger partial charge on any atom is 0.322 e. The van der Waals surface area contributed by atoms with Gasteiger partial charge in [0.15, 0.2) is 5.15 Å². The zero-order chi connectivity index (χ0) is 15.8. The molecule has 0 fully saturated rings. The molecule has 1 aromatic carbocycles. The van der Waals surface area contributed by atoms with Crippen molar-refractivity contribution < 1.29 is 4.79 Å². The number of pyridine rings is 1. The minimum atomic E-state index is -0.163. The minimum Gasteiger partial charge on any atom is -0.357 e. The maximum absolute atomic E-state index is 12.5. The van der Waals surface area contributed by atoms with E-state index in [0.29, 0.717) is 23.9 Å². The first kappa shape index (κ1) is 14.1. The highest BCUT2D eigenvalue weighted by Crippen LogP contribution is 2.28. The Hall–Kier alpha value is -2.53. The van der Waals surface area contributed by atoms with E-state index in [2.05, 4.69) is 27.4 Å². The Labute approximate surface area is 138 Å². The number of aromatic nitrogens is 2. The van der Waals surface area contributed by atoms with Gasteiger partial charge in [-0.25, -0.2) is 9.78 Å².